The molecule has 0 radical (unpaired) electrons. The summed E-state index contributed by atoms with van der Waals surface area (Å²) in [6, 6.07) is 7.56. The second-order valence-corrected chi connectivity index (χ2v) is 4.38. The molecule has 0 unspecified atom stereocenters. The molecule has 94 valence electrons. The number of carbonyl (C=O) groups is 1. The van der Waals surface area contributed by atoms with E-state index in [1.165, 1.54) is 0 Å². The Morgan fingerprint density at radius 2 is 2.11 bits per heavy atom. The van der Waals surface area contributed by atoms with E-state index in [0.717, 1.165) is 10.5 Å². The summed E-state index contributed by atoms with van der Waals surface area (Å²) in [4.78, 5) is 12.5. The number of benzene rings is 1. The highest BCUT2D eigenvalue weighted by molar-refractivity contribution is 7.80. The van der Waals surface area contributed by atoms with Crippen LogP contribution in [0.3, 0.4) is 0 Å². The molecule has 0 saturated carbocycles. The maximum atomic E-state index is 11.7. The van der Waals surface area contributed by atoms with Crippen molar-refractivity contribution in [1.82, 2.24) is 20.3 Å². The molecule has 0 spiro atoms. The van der Waals surface area contributed by atoms with Crippen LogP contribution in [-0.4, -0.2) is 27.4 Å². The fraction of sp³-hybridized carbons (Fsp3) is 0.250. The highest BCUT2D eigenvalue weighted by Gasteiger charge is 2.02. The summed E-state index contributed by atoms with van der Waals surface area (Å²) in [5.41, 5.74) is 0.978. The largest absolute Gasteiger partial charge is 0.354 e. The van der Waals surface area contributed by atoms with Crippen LogP contribution in [0.15, 0.2) is 41.6 Å². The number of rotatable bonds is 5. The maximum absolute atomic E-state index is 11.7. The summed E-state index contributed by atoms with van der Waals surface area (Å²) in [5.74, 6) is 0.00188. The lowest BCUT2D eigenvalue weighted by Gasteiger charge is -2.05. The molecule has 1 aromatic carbocycles. The van der Waals surface area contributed by atoms with Crippen LogP contribution in [-0.2, 0) is 17.8 Å². The van der Waals surface area contributed by atoms with Gasteiger partial charge in [-0.1, -0.05) is 17.3 Å². The molecule has 2 rings (SSSR count). The van der Waals surface area contributed by atoms with Crippen molar-refractivity contribution < 1.29 is 4.79 Å². The topological polar surface area (TPSA) is 59.8 Å². The van der Waals surface area contributed by atoms with Gasteiger partial charge in [-0.05, 0) is 17.7 Å². The third-order valence-corrected chi connectivity index (χ3v) is 2.73. The van der Waals surface area contributed by atoms with Crippen LogP contribution < -0.4 is 5.32 Å². The van der Waals surface area contributed by atoms with E-state index in [9.17, 15) is 4.79 Å². The molecule has 18 heavy (non-hydrogen) atoms. The number of aromatic nitrogens is 3. The van der Waals surface area contributed by atoms with Crippen molar-refractivity contribution in [3.63, 3.8) is 0 Å². The molecule has 6 heteroatoms. The molecule has 1 heterocycles. The van der Waals surface area contributed by atoms with Crippen molar-refractivity contribution in [3.8, 4) is 0 Å². The first-order chi connectivity index (χ1) is 8.74. The van der Waals surface area contributed by atoms with Gasteiger partial charge in [0.1, 0.15) is 0 Å². The molecule has 0 bridgehead atoms. The van der Waals surface area contributed by atoms with E-state index in [-0.39, 0.29) is 5.91 Å². The third kappa shape index (κ3) is 3.89. The molecule has 0 aliphatic rings. The van der Waals surface area contributed by atoms with Crippen molar-refractivity contribution in [1.29, 1.82) is 0 Å². The van der Waals surface area contributed by atoms with Gasteiger partial charge in [0, 0.05) is 17.6 Å². The molecule has 5 nitrogen and oxygen atoms in total. The van der Waals surface area contributed by atoms with E-state index in [1.807, 2.05) is 24.3 Å². The number of nitrogens with zero attached hydrogens (tertiary/aromatic N) is 3. The Kier molecular flexibility index (Phi) is 4.35. The molecule has 0 atom stereocenters. The van der Waals surface area contributed by atoms with Crippen LogP contribution in [0.25, 0.3) is 0 Å². The fourth-order valence-electron chi connectivity index (χ4n) is 1.52. The summed E-state index contributed by atoms with van der Waals surface area (Å²) in [7, 11) is 0. The lowest BCUT2D eigenvalue weighted by molar-refractivity contribution is -0.120. The van der Waals surface area contributed by atoms with Gasteiger partial charge in [0.2, 0.25) is 5.91 Å². The van der Waals surface area contributed by atoms with Gasteiger partial charge in [0.25, 0.3) is 0 Å². The van der Waals surface area contributed by atoms with Gasteiger partial charge >= 0.3 is 0 Å². The highest BCUT2D eigenvalue weighted by Crippen LogP contribution is 2.07. The Morgan fingerprint density at radius 1 is 1.33 bits per heavy atom. The number of hydrogen-bond donors (Lipinski definition) is 2. The first-order valence-electron chi connectivity index (χ1n) is 5.63. The third-order valence-electron chi connectivity index (χ3n) is 2.44. The monoisotopic (exact) mass is 262 g/mol. The summed E-state index contributed by atoms with van der Waals surface area (Å²) < 4.78 is 1.68. The normalized spacial score (nSPS) is 10.3. The van der Waals surface area contributed by atoms with Crippen LogP contribution in [0, 0.1) is 0 Å². The van der Waals surface area contributed by atoms with Crippen LogP contribution in [0.2, 0.25) is 0 Å². The van der Waals surface area contributed by atoms with Gasteiger partial charge in [-0.2, -0.15) is 0 Å². The van der Waals surface area contributed by atoms with Crippen LogP contribution in [0.1, 0.15) is 5.56 Å². The molecule has 1 amide bonds. The molecular weight excluding hydrogens is 248 g/mol. The Bertz CT molecular complexity index is 495. The minimum absolute atomic E-state index is 0.00188. The molecule has 2 aromatic rings. The van der Waals surface area contributed by atoms with Gasteiger partial charge in [-0.3, -0.25) is 9.48 Å². The Labute approximate surface area is 111 Å². The Hall–Kier alpha value is -1.82. The quantitative estimate of drug-likeness (QED) is 0.788. The zero-order chi connectivity index (χ0) is 12.8. The molecule has 0 fully saturated rings. The predicted molar refractivity (Wildman–Crippen MR) is 70.4 cm³/mol. The SMILES string of the molecule is O=C(Cc1ccc(S)cc1)NCCn1ccnn1. The average molecular weight is 262 g/mol. The van der Waals surface area contributed by atoms with Gasteiger partial charge in [0.05, 0.1) is 19.2 Å². The average Bonchev–Trinajstić information content (AvgIpc) is 2.85. The summed E-state index contributed by atoms with van der Waals surface area (Å²) in [6.45, 7) is 1.17. The summed E-state index contributed by atoms with van der Waals surface area (Å²) in [6.07, 6.45) is 3.75. The first kappa shape index (κ1) is 12.6. The zero-order valence-electron chi connectivity index (χ0n) is 9.78. The molecule has 0 aliphatic carbocycles. The number of thiol groups is 1. The predicted octanol–water partition coefficient (Wildman–Crippen LogP) is 0.926. The highest BCUT2D eigenvalue weighted by atomic mass is 32.1. The second-order valence-electron chi connectivity index (χ2n) is 3.86. The lowest BCUT2D eigenvalue weighted by atomic mass is 10.1. The molecule has 0 saturated heterocycles. The minimum Gasteiger partial charge on any atom is -0.354 e. The molecule has 1 aromatic heterocycles. The molecule has 1 N–H and O–H groups in total. The van der Waals surface area contributed by atoms with E-state index >= 15 is 0 Å². The Balaban J connectivity index is 1.73. The smallest absolute Gasteiger partial charge is 0.224 e. The van der Waals surface area contributed by atoms with E-state index in [1.54, 1.807) is 17.1 Å². The fourth-order valence-corrected chi connectivity index (χ4v) is 1.67. The standard InChI is InChI=1S/C12H14N4OS/c17-12(9-10-1-3-11(18)4-2-10)13-5-7-16-8-6-14-15-16/h1-4,6,8,18H,5,7,9H2,(H,13,17). The van der Waals surface area contributed by atoms with Crippen molar-refractivity contribution in [3.05, 3.63) is 42.2 Å². The number of carbonyl (C=O) groups excluding carboxylic acids is 1. The summed E-state index contributed by atoms with van der Waals surface area (Å²) in [5, 5.41) is 10.3. The number of nitrogens with one attached hydrogen (secondary N) is 1. The van der Waals surface area contributed by atoms with E-state index in [0.29, 0.717) is 19.5 Å². The van der Waals surface area contributed by atoms with E-state index in [4.69, 9.17) is 0 Å². The summed E-state index contributed by atoms with van der Waals surface area (Å²) >= 11 is 4.20. The molecule has 0 aliphatic heterocycles. The van der Waals surface area contributed by atoms with Crippen molar-refractivity contribution in [2.45, 2.75) is 17.9 Å². The molecular formula is C12H14N4OS. The maximum Gasteiger partial charge on any atom is 0.224 e. The van der Waals surface area contributed by atoms with Crippen LogP contribution in [0.4, 0.5) is 0 Å². The van der Waals surface area contributed by atoms with Crippen molar-refractivity contribution in [2.75, 3.05) is 6.54 Å². The van der Waals surface area contributed by atoms with Crippen LogP contribution in [0.5, 0.6) is 0 Å². The second kappa shape index (κ2) is 6.20. The van der Waals surface area contributed by atoms with Crippen molar-refractivity contribution in [2.24, 2.45) is 0 Å². The van der Waals surface area contributed by atoms with Crippen LogP contribution >= 0.6 is 12.6 Å². The Morgan fingerprint density at radius 3 is 2.78 bits per heavy atom. The van der Waals surface area contributed by atoms with E-state index in [2.05, 4.69) is 28.3 Å². The van der Waals surface area contributed by atoms with Gasteiger partial charge in [0.15, 0.2) is 0 Å². The minimum atomic E-state index is 0.00188. The zero-order valence-corrected chi connectivity index (χ0v) is 10.7. The van der Waals surface area contributed by atoms with Gasteiger partial charge in [-0.25, -0.2) is 0 Å². The van der Waals surface area contributed by atoms with Gasteiger partial charge in [-0.15, -0.1) is 17.7 Å². The van der Waals surface area contributed by atoms with Crippen molar-refractivity contribution >= 4 is 18.5 Å². The van der Waals surface area contributed by atoms with E-state index < -0.39 is 0 Å². The van der Waals surface area contributed by atoms with Gasteiger partial charge < -0.3 is 5.32 Å². The lowest BCUT2D eigenvalue weighted by Crippen LogP contribution is -2.28. The first-order valence-corrected chi connectivity index (χ1v) is 6.07. The number of hydrogen-bond acceptors (Lipinski definition) is 4. The number of amides is 1.